The van der Waals surface area contributed by atoms with Crippen molar-refractivity contribution in [2.45, 2.75) is 58.0 Å². The molecule has 1 aromatic rings. The van der Waals surface area contributed by atoms with Gasteiger partial charge in [-0.2, -0.15) is 0 Å². The summed E-state index contributed by atoms with van der Waals surface area (Å²) in [6.07, 6.45) is 6.36. The Morgan fingerprint density at radius 1 is 1.29 bits per heavy atom. The van der Waals surface area contributed by atoms with E-state index in [1.807, 2.05) is 6.07 Å². The molecule has 0 saturated heterocycles. The van der Waals surface area contributed by atoms with Crippen LogP contribution < -0.4 is 5.73 Å². The Morgan fingerprint density at radius 3 is 2.52 bits per heavy atom. The summed E-state index contributed by atoms with van der Waals surface area (Å²) in [6, 6.07) is 9.15. The van der Waals surface area contributed by atoms with Gasteiger partial charge < -0.3 is 10.6 Å². The Hall–Kier alpha value is -0.380. The molecule has 2 rings (SSSR count). The van der Waals surface area contributed by atoms with E-state index in [1.165, 1.54) is 31.2 Å². The minimum Gasteiger partial charge on any atom is -0.324 e. The van der Waals surface area contributed by atoms with Crippen LogP contribution in [0.4, 0.5) is 0 Å². The predicted molar refractivity (Wildman–Crippen MR) is 94.4 cm³/mol. The van der Waals surface area contributed by atoms with Crippen LogP contribution in [0.5, 0.6) is 0 Å². The summed E-state index contributed by atoms with van der Waals surface area (Å²) in [5, 5.41) is 0. The van der Waals surface area contributed by atoms with Crippen LogP contribution in [0.3, 0.4) is 0 Å². The summed E-state index contributed by atoms with van der Waals surface area (Å²) < 4.78 is 1.12. The molecule has 118 valence electrons. The van der Waals surface area contributed by atoms with E-state index in [1.54, 1.807) is 0 Å². The standard InChI is InChI=1S/C18H29BrN2/c1-18(2)11-8-14(9-12-18)21(3)13-10-17(20)15-6-4-5-7-16(15)19/h4-7,14,17H,8-13,20H2,1-3H3. The molecule has 1 aliphatic carbocycles. The van der Waals surface area contributed by atoms with Crippen molar-refractivity contribution in [1.29, 1.82) is 0 Å². The van der Waals surface area contributed by atoms with Crippen LogP contribution in [-0.2, 0) is 0 Å². The van der Waals surface area contributed by atoms with Gasteiger partial charge in [0.2, 0.25) is 0 Å². The first-order chi connectivity index (χ1) is 9.89. The molecule has 1 saturated carbocycles. The highest BCUT2D eigenvalue weighted by Crippen LogP contribution is 2.36. The van der Waals surface area contributed by atoms with E-state index in [0.29, 0.717) is 5.41 Å². The Labute approximate surface area is 138 Å². The average Bonchev–Trinajstić information content (AvgIpc) is 2.45. The van der Waals surface area contributed by atoms with Crippen molar-refractivity contribution in [3.05, 3.63) is 34.3 Å². The first-order valence-corrected chi connectivity index (χ1v) is 8.88. The summed E-state index contributed by atoms with van der Waals surface area (Å²) in [4.78, 5) is 2.52. The maximum atomic E-state index is 6.36. The molecule has 0 spiro atoms. The van der Waals surface area contributed by atoms with Gasteiger partial charge in [0.25, 0.3) is 0 Å². The van der Waals surface area contributed by atoms with Gasteiger partial charge in [-0.1, -0.05) is 48.0 Å². The van der Waals surface area contributed by atoms with Gasteiger partial charge in [0, 0.05) is 16.6 Å². The van der Waals surface area contributed by atoms with Crippen LogP contribution in [0.1, 0.15) is 57.6 Å². The minimum atomic E-state index is 0.114. The smallest absolute Gasteiger partial charge is 0.0318 e. The number of benzene rings is 1. The molecule has 0 radical (unpaired) electrons. The summed E-state index contributed by atoms with van der Waals surface area (Å²) >= 11 is 3.60. The van der Waals surface area contributed by atoms with Crippen molar-refractivity contribution in [1.82, 2.24) is 4.90 Å². The summed E-state index contributed by atoms with van der Waals surface area (Å²) in [5.74, 6) is 0. The highest BCUT2D eigenvalue weighted by atomic mass is 79.9. The number of hydrogen-bond donors (Lipinski definition) is 1. The van der Waals surface area contributed by atoms with Crippen molar-refractivity contribution < 1.29 is 0 Å². The normalized spacial score (nSPS) is 20.7. The predicted octanol–water partition coefficient (Wildman–Crippen LogP) is 4.74. The van der Waals surface area contributed by atoms with Crippen molar-refractivity contribution in [2.24, 2.45) is 11.1 Å². The van der Waals surface area contributed by atoms with Gasteiger partial charge in [-0.3, -0.25) is 0 Å². The second-order valence-electron chi connectivity index (χ2n) is 7.29. The van der Waals surface area contributed by atoms with E-state index in [0.717, 1.165) is 23.5 Å². The van der Waals surface area contributed by atoms with Gasteiger partial charge in [0.05, 0.1) is 0 Å². The first kappa shape index (κ1) is 17.0. The summed E-state index contributed by atoms with van der Waals surface area (Å²) in [5.41, 5.74) is 8.12. The molecule has 0 bridgehead atoms. The van der Waals surface area contributed by atoms with Gasteiger partial charge in [0.1, 0.15) is 0 Å². The number of rotatable bonds is 5. The van der Waals surface area contributed by atoms with Crippen LogP contribution >= 0.6 is 15.9 Å². The second kappa shape index (κ2) is 7.26. The number of nitrogens with zero attached hydrogens (tertiary/aromatic N) is 1. The van der Waals surface area contributed by atoms with E-state index in [9.17, 15) is 0 Å². The zero-order valence-electron chi connectivity index (χ0n) is 13.6. The lowest BCUT2D eigenvalue weighted by Gasteiger charge is -2.39. The molecular formula is C18H29BrN2. The quantitative estimate of drug-likeness (QED) is 0.828. The molecule has 21 heavy (non-hydrogen) atoms. The summed E-state index contributed by atoms with van der Waals surface area (Å²) in [6.45, 7) is 5.87. The largest absolute Gasteiger partial charge is 0.324 e. The van der Waals surface area contributed by atoms with Crippen LogP contribution in [0.2, 0.25) is 0 Å². The van der Waals surface area contributed by atoms with Crippen LogP contribution in [0.25, 0.3) is 0 Å². The van der Waals surface area contributed by atoms with E-state index < -0.39 is 0 Å². The lowest BCUT2D eigenvalue weighted by Crippen LogP contribution is -2.38. The molecule has 3 heteroatoms. The average molecular weight is 353 g/mol. The molecule has 1 atom stereocenters. The van der Waals surface area contributed by atoms with Gasteiger partial charge in [-0.05, 0) is 62.7 Å². The third-order valence-corrected chi connectivity index (χ3v) is 5.75. The fourth-order valence-corrected chi connectivity index (χ4v) is 3.86. The van der Waals surface area contributed by atoms with Crippen LogP contribution in [0, 0.1) is 5.41 Å². The Bertz CT molecular complexity index is 448. The summed E-state index contributed by atoms with van der Waals surface area (Å²) in [7, 11) is 2.26. The highest BCUT2D eigenvalue weighted by molar-refractivity contribution is 9.10. The van der Waals surface area contributed by atoms with Crippen molar-refractivity contribution in [3.8, 4) is 0 Å². The lowest BCUT2D eigenvalue weighted by molar-refractivity contribution is 0.125. The van der Waals surface area contributed by atoms with E-state index >= 15 is 0 Å². The molecule has 1 unspecified atom stereocenters. The Morgan fingerprint density at radius 2 is 1.90 bits per heavy atom. The lowest BCUT2D eigenvalue weighted by atomic mass is 9.75. The van der Waals surface area contributed by atoms with Gasteiger partial charge >= 0.3 is 0 Å². The van der Waals surface area contributed by atoms with E-state index in [-0.39, 0.29) is 6.04 Å². The van der Waals surface area contributed by atoms with Gasteiger partial charge in [0.15, 0.2) is 0 Å². The molecule has 0 amide bonds. The van der Waals surface area contributed by atoms with Gasteiger partial charge in [-0.15, -0.1) is 0 Å². The zero-order valence-corrected chi connectivity index (χ0v) is 15.2. The molecular weight excluding hydrogens is 324 g/mol. The molecule has 1 aliphatic rings. The SMILES string of the molecule is CN(CCC(N)c1ccccc1Br)C1CCC(C)(C)CC1. The highest BCUT2D eigenvalue weighted by Gasteiger charge is 2.28. The van der Waals surface area contributed by atoms with E-state index in [4.69, 9.17) is 5.73 Å². The molecule has 0 aliphatic heterocycles. The molecule has 2 nitrogen and oxygen atoms in total. The first-order valence-electron chi connectivity index (χ1n) is 8.09. The maximum absolute atomic E-state index is 6.36. The zero-order chi connectivity index (χ0) is 15.5. The fraction of sp³-hybridized carbons (Fsp3) is 0.667. The third-order valence-electron chi connectivity index (χ3n) is 5.03. The van der Waals surface area contributed by atoms with Gasteiger partial charge in [-0.25, -0.2) is 0 Å². The third kappa shape index (κ3) is 4.80. The van der Waals surface area contributed by atoms with Crippen LogP contribution in [-0.4, -0.2) is 24.5 Å². The van der Waals surface area contributed by atoms with Crippen LogP contribution in [0.15, 0.2) is 28.7 Å². The van der Waals surface area contributed by atoms with E-state index in [2.05, 4.69) is 59.9 Å². The fourth-order valence-electron chi connectivity index (χ4n) is 3.28. The monoisotopic (exact) mass is 352 g/mol. The van der Waals surface area contributed by atoms with Crippen molar-refractivity contribution in [2.75, 3.05) is 13.6 Å². The number of nitrogens with two attached hydrogens (primary N) is 1. The molecule has 0 aromatic heterocycles. The minimum absolute atomic E-state index is 0.114. The Kier molecular flexibility index (Phi) is 5.87. The maximum Gasteiger partial charge on any atom is 0.0318 e. The molecule has 1 aromatic carbocycles. The molecule has 1 fully saturated rings. The number of halogens is 1. The van der Waals surface area contributed by atoms with Crippen molar-refractivity contribution >= 4 is 15.9 Å². The Balaban J connectivity index is 1.81. The topological polar surface area (TPSA) is 29.3 Å². The second-order valence-corrected chi connectivity index (χ2v) is 8.15. The van der Waals surface area contributed by atoms with Crippen molar-refractivity contribution in [3.63, 3.8) is 0 Å². The molecule has 0 heterocycles. The molecule has 2 N–H and O–H groups in total. The number of hydrogen-bond acceptors (Lipinski definition) is 2.